The molecular formula is C22H31NO3S. The predicted octanol–water partition coefficient (Wildman–Crippen LogP) is 4.44. The molecule has 1 aromatic rings. The van der Waals surface area contributed by atoms with E-state index in [-0.39, 0.29) is 0 Å². The Morgan fingerprint density at radius 2 is 1.70 bits per heavy atom. The molecule has 27 heavy (non-hydrogen) atoms. The van der Waals surface area contributed by atoms with Crippen LogP contribution in [0.5, 0.6) is 5.75 Å². The molecule has 148 valence electrons. The van der Waals surface area contributed by atoms with Crippen molar-refractivity contribution in [2.75, 3.05) is 19.4 Å². The van der Waals surface area contributed by atoms with E-state index in [4.69, 9.17) is 9.73 Å². The molecule has 0 saturated heterocycles. The third kappa shape index (κ3) is 4.63. The average Bonchev–Trinajstić information content (AvgIpc) is 3.11. The molecule has 3 rings (SSSR count). The molecule has 0 atom stereocenters. The summed E-state index contributed by atoms with van der Waals surface area (Å²) in [5.74, 6) is 2.02. The van der Waals surface area contributed by atoms with Crippen molar-refractivity contribution >= 4 is 15.5 Å². The van der Waals surface area contributed by atoms with Gasteiger partial charge >= 0.3 is 0 Å². The Morgan fingerprint density at radius 1 is 1.07 bits per heavy atom. The zero-order valence-corrected chi connectivity index (χ0v) is 17.7. The quantitative estimate of drug-likeness (QED) is 0.748. The van der Waals surface area contributed by atoms with Gasteiger partial charge in [0.25, 0.3) is 0 Å². The second-order valence-electron chi connectivity index (χ2n) is 8.76. The Kier molecular flexibility index (Phi) is 5.80. The number of aliphatic imine (C=N–C) groups is 1. The molecule has 0 amide bonds. The van der Waals surface area contributed by atoms with Gasteiger partial charge in [-0.15, -0.1) is 0 Å². The van der Waals surface area contributed by atoms with E-state index < -0.39 is 14.6 Å². The highest BCUT2D eigenvalue weighted by Gasteiger charge is 2.34. The van der Waals surface area contributed by atoms with Crippen molar-refractivity contribution in [2.24, 2.45) is 16.8 Å². The van der Waals surface area contributed by atoms with Crippen LogP contribution in [-0.2, 0) is 9.84 Å². The number of allylic oxidation sites excluding steroid dienone is 1. The monoisotopic (exact) mass is 389 g/mol. The Bertz CT molecular complexity index is 821. The molecule has 1 aliphatic heterocycles. The lowest BCUT2D eigenvalue weighted by Crippen LogP contribution is -2.34. The number of hydrogen-bond acceptors (Lipinski definition) is 4. The first-order valence-corrected chi connectivity index (χ1v) is 11.5. The number of ether oxygens (including phenoxy) is 1. The molecule has 0 bridgehead atoms. The lowest BCUT2D eigenvalue weighted by Gasteiger charge is -2.31. The number of hydrogen-bond donors (Lipinski definition) is 0. The van der Waals surface area contributed by atoms with Crippen molar-refractivity contribution in [2.45, 2.75) is 51.2 Å². The minimum Gasteiger partial charge on any atom is -0.497 e. The van der Waals surface area contributed by atoms with E-state index in [0.717, 1.165) is 49.3 Å². The summed E-state index contributed by atoms with van der Waals surface area (Å²) in [4.78, 5) is 4.72. The maximum atomic E-state index is 12.5. The minimum atomic E-state index is -3.03. The number of methoxy groups -OCH3 is 1. The molecule has 1 saturated carbocycles. The molecule has 4 nitrogen and oxygen atoms in total. The van der Waals surface area contributed by atoms with E-state index in [0.29, 0.717) is 17.6 Å². The second kappa shape index (κ2) is 7.78. The van der Waals surface area contributed by atoms with Crippen LogP contribution in [0.25, 0.3) is 0 Å². The van der Waals surface area contributed by atoms with E-state index in [2.05, 4.69) is 6.08 Å². The molecule has 2 aliphatic rings. The van der Waals surface area contributed by atoms with Crippen molar-refractivity contribution in [3.05, 3.63) is 41.5 Å². The van der Waals surface area contributed by atoms with Crippen molar-refractivity contribution in [1.29, 1.82) is 0 Å². The highest BCUT2D eigenvalue weighted by atomic mass is 32.2. The molecular weight excluding hydrogens is 358 g/mol. The first kappa shape index (κ1) is 20.1. The lowest BCUT2D eigenvalue weighted by atomic mass is 9.79. The average molecular weight is 390 g/mol. The highest BCUT2D eigenvalue weighted by molar-refractivity contribution is 7.92. The van der Waals surface area contributed by atoms with Gasteiger partial charge in [-0.1, -0.05) is 0 Å². The first-order valence-electron chi connectivity index (χ1n) is 9.81. The normalized spacial score (nSPS) is 23.7. The summed E-state index contributed by atoms with van der Waals surface area (Å²) < 4.78 is 29.5. The van der Waals surface area contributed by atoms with Gasteiger partial charge in [0, 0.05) is 0 Å². The summed E-state index contributed by atoms with van der Waals surface area (Å²) in [7, 11) is -1.36. The summed E-state index contributed by atoms with van der Waals surface area (Å²) in [5.41, 5.74) is 3.57. The topological polar surface area (TPSA) is 55.7 Å². The molecule has 0 aromatic heterocycles. The molecule has 1 aromatic carbocycles. The van der Waals surface area contributed by atoms with Gasteiger partial charge in [-0.2, -0.15) is 0 Å². The third-order valence-corrected chi connectivity index (χ3v) is 8.68. The molecule has 1 heterocycles. The smallest absolute Gasteiger partial charge is 0.155 e. The van der Waals surface area contributed by atoms with Gasteiger partial charge in [0.15, 0.2) is 9.84 Å². The maximum absolute atomic E-state index is 12.5. The lowest BCUT2D eigenvalue weighted by molar-refractivity contribution is 0.319. The molecule has 1 fully saturated rings. The van der Waals surface area contributed by atoms with Crippen LogP contribution in [0.4, 0.5) is 0 Å². The second-order valence-corrected chi connectivity index (χ2v) is 11.5. The van der Waals surface area contributed by atoms with E-state index in [1.807, 2.05) is 24.3 Å². The summed E-state index contributed by atoms with van der Waals surface area (Å²) in [6.45, 7) is 6.18. The Labute approximate surface area is 163 Å². The molecule has 1 aliphatic carbocycles. The molecule has 0 spiro atoms. The number of rotatable bonds is 5. The third-order valence-electron chi connectivity index (χ3n) is 5.90. The van der Waals surface area contributed by atoms with Gasteiger partial charge in [0.2, 0.25) is 0 Å². The van der Waals surface area contributed by atoms with Crippen molar-refractivity contribution < 1.29 is 13.2 Å². The molecule has 0 radical (unpaired) electrons. The minimum absolute atomic E-state index is 0.300. The van der Waals surface area contributed by atoms with Crippen LogP contribution < -0.4 is 4.74 Å². The summed E-state index contributed by atoms with van der Waals surface area (Å²) >= 11 is 0. The predicted molar refractivity (Wildman–Crippen MR) is 111 cm³/mol. The van der Waals surface area contributed by atoms with Gasteiger partial charge in [0.1, 0.15) is 5.75 Å². The number of benzene rings is 1. The zero-order chi connectivity index (χ0) is 19.7. The summed E-state index contributed by atoms with van der Waals surface area (Å²) in [6.07, 6.45) is 6.37. The van der Waals surface area contributed by atoms with Crippen LogP contribution in [0.3, 0.4) is 0 Å². The summed E-state index contributed by atoms with van der Waals surface area (Å²) in [5, 5.41) is 0. The number of nitrogens with zero attached hydrogens (tertiary/aromatic N) is 1. The van der Waals surface area contributed by atoms with Gasteiger partial charge in [-0.25, -0.2) is 8.42 Å². The van der Waals surface area contributed by atoms with Gasteiger partial charge in [0.05, 0.1) is 29.9 Å². The highest BCUT2D eigenvalue weighted by Crippen LogP contribution is 2.36. The van der Waals surface area contributed by atoms with E-state index >= 15 is 0 Å². The summed E-state index contributed by atoms with van der Waals surface area (Å²) in [6, 6.07) is 8.02. The fraction of sp³-hybridized carbons (Fsp3) is 0.591. The standard InChI is InChI=1S/C22H31NO3S/c1-22(2,3)27(24,25)15-16-5-7-17(8-6-16)19-13-21(23-14-19)18-9-11-20(26-4)12-10-18/h9-13,16-17H,5-8,14-15H2,1-4H3. The van der Waals surface area contributed by atoms with Crippen LogP contribution in [-0.4, -0.2) is 38.3 Å². The van der Waals surface area contributed by atoms with Crippen LogP contribution >= 0.6 is 0 Å². The Hall–Kier alpha value is -1.62. The van der Waals surface area contributed by atoms with Crippen LogP contribution in [0.15, 0.2) is 40.9 Å². The SMILES string of the molecule is COc1ccc(C2=NCC(C3CCC(CS(=O)(=O)C(C)(C)C)CC3)=C2)cc1. The van der Waals surface area contributed by atoms with Crippen LogP contribution in [0, 0.1) is 11.8 Å². The molecule has 0 unspecified atom stereocenters. The van der Waals surface area contributed by atoms with E-state index in [1.165, 1.54) is 5.57 Å². The van der Waals surface area contributed by atoms with E-state index in [1.54, 1.807) is 27.9 Å². The van der Waals surface area contributed by atoms with Crippen molar-refractivity contribution in [3.63, 3.8) is 0 Å². The Balaban J connectivity index is 1.57. The van der Waals surface area contributed by atoms with E-state index in [9.17, 15) is 8.42 Å². The zero-order valence-electron chi connectivity index (χ0n) is 16.9. The van der Waals surface area contributed by atoms with Crippen molar-refractivity contribution in [3.8, 4) is 5.75 Å². The molecule has 5 heteroatoms. The van der Waals surface area contributed by atoms with Gasteiger partial charge in [-0.3, -0.25) is 4.99 Å². The fourth-order valence-electron chi connectivity index (χ4n) is 3.89. The fourth-order valence-corrected chi connectivity index (χ4v) is 5.34. The first-order chi connectivity index (χ1) is 12.7. The van der Waals surface area contributed by atoms with Crippen LogP contribution in [0.1, 0.15) is 52.0 Å². The molecule has 0 N–H and O–H groups in total. The van der Waals surface area contributed by atoms with Gasteiger partial charge in [-0.05, 0) is 99.8 Å². The number of sulfone groups is 1. The van der Waals surface area contributed by atoms with Gasteiger partial charge < -0.3 is 4.74 Å². The van der Waals surface area contributed by atoms with Crippen molar-refractivity contribution in [1.82, 2.24) is 0 Å². The maximum Gasteiger partial charge on any atom is 0.155 e. The Morgan fingerprint density at radius 3 is 2.26 bits per heavy atom. The van der Waals surface area contributed by atoms with Crippen LogP contribution in [0.2, 0.25) is 0 Å². The largest absolute Gasteiger partial charge is 0.497 e.